The molecular formula is C13H15BrN4. The predicted octanol–water partition coefficient (Wildman–Crippen LogP) is 3.49. The number of benzene rings is 1. The largest absolute Gasteiger partial charge is 0.383 e. The zero-order valence-electron chi connectivity index (χ0n) is 10.6. The Morgan fingerprint density at radius 1 is 1.11 bits per heavy atom. The second-order valence-electron chi connectivity index (χ2n) is 4.28. The van der Waals surface area contributed by atoms with Gasteiger partial charge in [0.2, 0.25) is 0 Å². The van der Waals surface area contributed by atoms with Crippen molar-refractivity contribution in [2.24, 2.45) is 0 Å². The van der Waals surface area contributed by atoms with E-state index in [1.807, 2.05) is 6.92 Å². The van der Waals surface area contributed by atoms with E-state index in [0.29, 0.717) is 5.82 Å². The van der Waals surface area contributed by atoms with Gasteiger partial charge >= 0.3 is 0 Å². The Hall–Kier alpha value is -1.62. The van der Waals surface area contributed by atoms with Crippen LogP contribution in [0, 0.1) is 20.8 Å². The average molecular weight is 307 g/mol. The van der Waals surface area contributed by atoms with E-state index >= 15 is 0 Å². The van der Waals surface area contributed by atoms with Crippen molar-refractivity contribution in [3.05, 3.63) is 39.6 Å². The van der Waals surface area contributed by atoms with Crippen LogP contribution in [-0.2, 0) is 0 Å². The molecule has 0 aliphatic rings. The summed E-state index contributed by atoms with van der Waals surface area (Å²) in [5.74, 6) is 1.24. The lowest BCUT2D eigenvalue weighted by Crippen LogP contribution is -2.02. The molecule has 0 fully saturated rings. The normalized spacial score (nSPS) is 10.4. The molecule has 1 heterocycles. The average Bonchev–Trinajstić information content (AvgIpc) is 2.32. The van der Waals surface area contributed by atoms with E-state index in [9.17, 15) is 0 Å². The summed E-state index contributed by atoms with van der Waals surface area (Å²) in [7, 11) is 0. The number of aryl methyl sites for hydroxylation is 2. The number of nitrogen functional groups attached to an aromatic ring is 1. The molecule has 0 aliphatic carbocycles. The Morgan fingerprint density at radius 2 is 1.72 bits per heavy atom. The highest BCUT2D eigenvalue weighted by molar-refractivity contribution is 9.10. The fraction of sp³-hybridized carbons (Fsp3) is 0.231. The molecule has 0 spiro atoms. The molecule has 0 saturated carbocycles. The quantitative estimate of drug-likeness (QED) is 0.891. The number of rotatable bonds is 2. The van der Waals surface area contributed by atoms with Crippen molar-refractivity contribution < 1.29 is 0 Å². The second-order valence-corrected chi connectivity index (χ2v) is 5.07. The lowest BCUT2D eigenvalue weighted by molar-refractivity contribution is 1.14. The van der Waals surface area contributed by atoms with E-state index in [2.05, 4.69) is 57.2 Å². The Balaban J connectivity index is 2.37. The van der Waals surface area contributed by atoms with Gasteiger partial charge in [0.25, 0.3) is 0 Å². The maximum Gasteiger partial charge on any atom is 0.138 e. The van der Waals surface area contributed by atoms with E-state index < -0.39 is 0 Å². The van der Waals surface area contributed by atoms with Gasteiger partial charge in [-0.3, -0.25) is 0 Å². The maximum atomic E-state index is 5.76. The first-order valence-corrected chi connectivity index (χ1v) is 6.39. The Morgan fingerprint density at radius 3 is 2.33 bits per heavy atom. The van der Waals surface area contributed by atoms with Crippen molar-refractivity contribution in [3.8, 4) is 0 Å². The molecule has 0 atom stereocenters. The van der Waals surface area contributed by atoms with Crippen LogP contribution in [0.25, 0.3) is 0 Å². The van der Waals surface area contributed by atoms with Crippen LogP contribution in [0.15, 0.2) is 22.9 Å². The summed E-state index contributed by atoms with van der Waals surface area (Å²) in [5.41, 5.74) is 9.97. The number of nitrogens with one attached hydrogen (secondary N) is 1. The zero-order chi connectivity index (χ0) is 13.3. The predicted molar refractivity (Wildman–Crippen MR) is 78.1 cm³/mol. The highest BCUT2D eigenvalue weighted by Crippen LogP contribution is 2.27. The van der Waals surface area contributed by atoms with Crippen LogP contribution in [-0.4, -0.2) is 9.97 Å². The van der Waals surface area contributed by atoms with Crippen molar-refractivity contribution in [2.75, 3.05) is 11.1 Å². The lowest BCUT2D eigenvalue weighted by Gasteiger charge is -2.12. The van der Waals surface area contributed by atoms with Crippen LogP contribution in [0.1, 0.15) is 16.7 Å². The molecule has 0 radical (unpaired) electrons. The Kier molecular flexibility index (Phi) is 3.52. The van der Waals surface area contributed by atoms with Gasteiger partial charge in [-0.15, -0.1) is 0 Å². The molecule has 18 heavy (non-hydrogen) atoms. The maximum absolute atomic E-state index is 5.76. The number of aromatic nitrogens is 2. The summed E-state index contributed by atoms with van der Waals surface area (Å²) >= 11 is 3.55. The molecule has 1 aromatic carbocycles. The second kappa shape index (κ2) is 4.94. The van der Waals surface area contributed by atoms with E-state index in [-0.39, 0.29) is 0 Å². The molecule has 1 aromatic heterocycles. The van der Waals surface area contributed by atoms with Gasteiger partial charge in [0.05, 0.1) is 0 Å². The third-order valence-corrected chi connectivity index (χ3v) is 4.07. The van der Waals surface area contributed by atoms with Crippen molar-refractivity contribution in [1.82, 2.24) is 9.97 Å². The first-order chi connectivity index (χ1) is 8.49. The topological polar surface area (TPSA) is 63.8 Å². The standard InChI is InChI=1S/C13H15BrN4/c1-7-4-10(5-8(2)11(7)14)18-13-9(3)12(15)16-6-17-13/h4-6H,1-3H3,(H3,15,16,17,18). The first kappa shape index (κ1) is 12.8. The zero-order valence-corrected chi connectivity index (χ0v) is 12.2. The Labute approximate surface area is 115 Å². The van der Waals surface area contributed by atoms with E-state index in [4.69, 9.17) is 5.73 Å². The molecule has 4 nitrogen and oxygen atoms in total. The molecule has 94 valence electrons. The molecular weight excluding hydrogens is 292 g/mol. The third-order valence-electron chi connectivity index (χ3n) is 2.82. The summed E-state index contributed by atoms with van der Waals surface area (Å²) in [5, 5.41) is 3.27. The number of nitrogens with zero attached hydrogens (tertiary/aromatic N) is 2. The molecule has 2 rings (SSSR count). The van der Waals surface area contributed by atoms with Crippen molar-refractivity contribution in [3.63, 3.8) is 0 Å². The van der Waals surface area contributed by atoms with Gasteiger partial charge in [-0.25, -0.2) is 9.97 Å². The molecule has 5 heteroatoms. The van der Waals surface area contributed by atoms with Gasteiger partial charge in [0, 0.05) is 15.7 Å². The Bertz CT molecular complexity index is 573. The fourth-order valence-electron chi connectivity index (χ4n) is 1.74. The van der Waals surface area contributed by atoms with Crippen LogP contribution < -0.4 is 11.1 Å². The molecule has 0 amide bonds. The minimum Gasteiger partial charge on any atom is -0.383 e. The molecule has 3 N–H and O–H groups in total. The van der Waals surface area contributed by atoms with Crippen LogP contribution in [0.5, 0.6) is 0 Å². The smallest absolute Gasteiger partial charge is 0.138 e. The molecule has 0 saturated heterocycles. The summed E-state index contributed by atoms with van der Waals surface area (Å²) < 4.78 is 1.13. The van der Waals surface area contributed by atoms with Gasteiger partial charge in [0.15, 0.2) is 0 Å². The summed E-state index contributed by atoms with van der Waals surface area (Å²) in [6.45, 7) is 6.02. The fourth-order valence-corrected chi connectivity index (χ4v) is 1.97. The molecule has 0 unspecified atom stereocenters. The third kappa shape index (κ3) is 2.46. The van der Waals surface area contributed by atoms with Crippen LogP contribution in [0.2, 0.25) is 0 Å². The molecule has 0 bridgehead atoms. The van der Waals surface area contributed by atoms with Gasteiger partial charge < -0.3 is 11.1 Å². The van der Waals surface area contributed by atoms with E-state index in [1.165, 1.54) is 17.5 Å². The number of hydrogen-bond acceptors (Lipinski definition) is 4. The van der Waals surface area contributed by atoms with Gasteiger partial charge in [-0.1, -0.05) is 15.9 Å². The molecule has 2 aromatic rings. The van der Waals surface area contributed by atoms with Crippen molar-refractivity contribution in [1.29, 1.82) is 0 Å². The van der Waals surface area contributed by atoms with Crippen LogP contribution in [0.4, 0.5) is 17.3 Å². The van der Waals surface area contributed by atoms with E-state index in [0.717, 1.165) is 21.5 Å². The molecule has 0 aliphatic heterocycles. The highest BCUT2D eigenvalue weighted by Gasteiger charge is 2.06. The minimum atomic E-state index is 0.498. The van der Waals surface area contributed by atoms with Crippen LogP contribution in [0.3, 0.4) is 0 Å². The number of halogens is 1. The van der Waals surface area contributed by atoms with Gasteiger partial charge in [-0.05, 0) is 44.0 Å². The van der Waals surface area contributed by atoms with Crippen LogP contribution >= 0.6 is 15.9 Å². The minimum absolute atomic E-state index is 0.498. The lowest BCUT2D eigenvalue weighted by atomic mass is 10.1. The number of nitrogens with two attached hydrogens (primary N) is 1. The van der Waals surface area contributed by atoms with Gasteiger partial charge in [-0.2, -0.15) is 0 Å². The van der Waals surface area contributed by atoms with Crippen molar-refractivity contribution in [2.45, 2.75) is 20.8 Å². The van der Waals surface area contributed by atoms with Gasteiger partial charge in [0.1, 0.15) is 18.0 Å². The summed E-state index contributed by atoms with van der Waals surface area (Å²) in [4.78, 5) is 8.15. The number of hydrogen-bond donors (Lipinski definition) is 2. The monoisotopic (exact) mass is 306 g/mol. The van der Waals surface area contributed by atoms with E-state index in [1.54, 1.807) is 0 Å². The van der Waals surface area contributed by atoms with Crippen molar-refractivity contribution >= 4 is 33.3 Å². The summed E-state index contributed by atoms with van der Waals surface area (Å²) in [6.07, 6.45) is 1.46. The highest BCUT2D eigenvalue weighted by atomic mass is 79.9. The summed E-state index contributed by atoms with van der Waals surface area (Å²) in [6, 6.07) is 4.13. The number of anilines is 3. The first-order valence-electron chi connectivity index (χ1n) is 5.60. The SMILES string of the molecule is Cc1cc(Nc2ncnc(N)c2C)cc(C)c1Br.